The van der Waals surface area contributed by atoms with E-state index in [2.05, 4.69) is 25.6 Å². The standard InChI is InChI=1S/C48H59N3O9S/c1-4-24-50(47(54)33-14-15-33)44-30-42(49-58-31-32-12-16-35(17-13-32)51(55)56)40-28-34(10-6-8-25-52)39(11-7-9-26-53)45-41-29-37(59-36-18-21-38(61-3)22-19-36)20-23-43(41)60-48(44,46(40)45)57-27-5-2/h5,12-13,16-23,28-29,33-34,39,44-46,52-53H,2,4,6-11,14-15,24-27,30-31H2,1,3H3. The number of rotatable bonds is 22. The number of aliphatic hydroxyl groups is 2. The number of aliphatic hydroxyl groups excluding tert-OH is 2. The molecule has 3 aliphatic carbocycles. The van der Waals surface area contributed by atoms with Crippen LogP contribution in [0, 0.1) is 33.8 Å². The molecule has 2 fully saturated rings. The van der Waals surface area contributed by atoms with Crippen LogP contribution in [0.4, 0.5) is 5.69 Å². The topological polar surface area (TPSA) is 153 Å². The molecule has 0 radical (unpaired) electrons. The van der Waals surface area contributed by atoms with Gasteiger partial charge in [-0.1, -0.05) is 37.1 Å². The number of nitrogens with zero attached hydrogens (tertiary/aromatic N) is 3. The van der Waals surface area contributed by atoms with E-state index in [4.69, 9.17) is 24.2 Å². The van der Waals surface area contributed by atoms with Gasteiger partial charge in [-0.3, -0.25) is 14.9 Å². The smallest absolute Gasteiger partial charge is 0.269 e. The molecule has 2 N–H and O–H groups in total. The van der Waals surface area contributed by atoms with Gasteiger partial charge in [0.05, 0.1) is 23.2 Å². The van der Waals surface area contributed by atoms with E-state index >= 15 is 0 Å². The summed E-state index contributed by atoms with van der Waals surface area (Å²) in [6, 6.07) is 19.7. The SMILES string of the molecule is C=CCOC12Oc3ccc(Oc4ccc(SC)cc4)cc3C3C(CCCCO)C(CCCCO)C=C(C(=NOCc4ccc([N+](=O)[O-])cc4)CC1N(CCC)C(=O)C1CC1)C32. The fraction of sp³-hybridized carbons (Fsp3) is 0.500. The highest BCUT2D eigenvalue weighted by atomic mass is 32.2. The van der Waals surface area contributed by atoms with Gasteiger partial charge in [-0.25, -0.2) is 0 Å². The lowest BCUT2D eigenvalue weighted by atomic mass is 9.55. The van der Waals surface area contributed by atoms with Crippen molar-refractivity contribution in [3.63, 3.8) is 0 Å². The number of nitro benzene ring substituents is 1. The summed E-state index contributed by atoms with van der Waals surface area (Å²) in [5.74, 6) is 0.305. The van der Waals surface area contributed by atoms with Crippen LogP contribution in [0.1, 0.15) is 88.2 Å². The van der Waals surface area contributed by atoms with Crippen molar-refractivity contribution in [2.24, 2.45) is 28.8 Å². The molecule has 3 aromatic rings. The maximum atomic E-state index is 14.5. The van der Waals surface area contributed by atoms with Crippen molar-refractivity contribution >= 4 is 29.1 Å². The molecule has 1 aliphatic heterocycles. The molecule has 2 saturated carbocycles. The molecular formula is C48H59N3O9S. The van der Waals surface area contributed by atoms with E-state index in [1.54, 1.807) is 30.0 Å². The van der Waals surface area contributed by atoms with Gasteiger partial charge in [-0.2, -0.15) is 0 Å². The van der Waals surface area contributed by atoms with Crippen molar-refractivity contribution in [2.75, 3.05) is 32.6 Å². The number of nitro groups is 1. The second kappa shape index (κ2) is 20.5. The summed E-state index contributed by atoms with van der Waals surface area (Å²) in [6.07, 6.45) is 13.4. The van der Waals surface area contributed by atoms with Crippen LogP contribution in [0.5, 0.6) is 17.2 Å². The summed E-state index contributed by atoms with van der Waals surface area (Å²) in [5.41, 5.74) is 3.36. The molecule has 6 atom stereocenters. The summed E-state index contributed by atoms with van der Waals surface area (Å²) in [5, 5.41) is 36.1. The Morgan fingerprint density at radius 1 is 1.03 bits per heavy atom. The first-order valence-corrected chi connectivity index (χ1v) is 23.0. The minimum Gasteiger partial charge on any atom is -0.459 e. The van der Waals surface area contributed by atoms with Gasteiger partial charge in [0.1, 0.15) is 29.9 Å². The number of carbonyl (C=O) groups is 1. The molecule has 6 unspecified atom stereocenters. The maximum absolute atomic E-state index is 14.5. The number of carbonyl (C=O) groups excluding carboxylic acids is 1. The Hall–Kier alpha value is -4.69. The molecule has 13 heteroatoms. The molecule has 4 aliphatic rings. The summed E-state index contributed by atoms with van der Waals surface area (Å²) in [6.45, 7) is 7.09. The molecular weight excluding hydrogens is 795 g/mol. The first-order chi connectivity index (χ1) is 29.7. The number of fused-ring (bicyclic) bond motifs is 2. The number of oxime groups is 1. The number of hydrogen-bond donors (Lipinski definition) is 2. The third-order valence-electron chi connectivity index (χ3n) is 12.5. The zero-order valence-corrected chi connectivity index (χ0v) is 36.1. The quantitative estimate of drug-likeness (QED) is 0.0329. The van der Waals surface area contributed by atoms with Crippen LogP contribution in [-0.2, 0) is 21.0 Å². The van der Waals surface area contributed by atoms with Crippen molar-refractivity contribution < 1.29 is 39.0 Å². The molecule has 1 amide bonds. The average molecular weight is 854 g/mol. The van der Waals surface area contributed by atoms with E-state index in [1.165, 1.54) is 12.1 Å². The van der Waals surface area contributed by atoms with Crippen LogP contribution in [0.2, 0.25) is 0 Å². The summed E-state index contributed by atoms with van der Waals surface area (Å²) < 4.78 is 21.0. The minimum absolute atomic E-state index is 0.00350. The Morgan fingerprint density at radius 3 is 2.41 bits per heavy atom. The Labute approximate surface area is 363 Å². The number of benzene rings is 3. The Bertz CT molecular complexity index is 2050. The lowest BCUT2D eigenvalue weighted by Crippen LogP contribution is -2.70. The monoisotopic (exact) mass is 853 g/mol. The average Bonchev–Trinajstić information content (AvgIpc) is 4.13. The molecule has 0 spiro atoms. The second-order valence-electron chi connectivity index (χ2n) is 16.6. The zero-order chi connectivity index (χ0) is 42.9. The van der Waals surface area contributed by atoms with Crippen LogP contribution < -0.4 is 9.47 Å². The van der Waals surface area contributed by atoms with Crippen molar-refractivity contribution in [1.82, 2.24) is 4.90 Å². The molecule has 61 heavy (non-hydrogen) atoms. The maximum Gasteiger partial charge on any atom is 0.269 e. The predicted molar refractivity (Wildman–Crippen MR) is 236 cm³/mol. The molecule has 7 rings (SSSR count). The fourth-order valence-corrected chi connectivity index (χ4v) is 10.0. The predicted octanol–water partition coefficient (Wildman–Crippen LogP) is 9.59. The Kier molecular flexibility index (Phi) is 14.9. The summed E-state index contributed by atoms with van der Waals surface area (Å²) in [4.78, 5) is 34.6. The molecule has 326 valence electrons. The van der Waals surface area contributed by atoms with Gasteiger partial charge in [0, 0.05) is 60.6 Å². The number of non-ortho nitro benzene ring substituents is 1. The zero-order valence-electron chi connectivity index (χ0n) is 35.3. The molecule has 12 nitrogen and oxygen atoms in total. The number of amides is 1. The molecule has 3 aromatic carbocycles. The number of thioether (sulfide) groups is 1. The van der Waals surface area contributed by atoms with Gasteiger partial charge in [0.2, 0.25) is 11.7 Å². The summed E-state index contributed by atoms with van der Waals surface area (Å²) in [7, 11) is 0. The van der Waals surface area contributed by atoms with Gasteiger partial charge in [0.15, 0.2) is 0 Å². The fourth-order valence-electron chi connectivity index (χ4n) is 9.62. The highest BCUT2D eigenvalue weighted by Crippen LogP contribution is 2.62. The van der Waals surface area contributed by atoms with E-state index in [0.29, 0.717) is 43.0 Å². The van der Waals surface area contributed by atoms with E-state index in [0.717, 1.165) is 72.3 Å². The lowest BCUT2D eigenvalue weighted by Gasteiger charge is -2.60. The van der Waals surface area contributed by atoms with E-state index in [1.807, 2.05) is 47.6 Å². The first kappa shape index (κ1) is 44.4. The van der Waals surface area contributed by atoms with Crippen LogP contribution in [0.3, 0.4) is 0 Å². The van der Waals surface area contributed by atoms with E-state index < -0.39 is 22.7 Å². The minimum atomic E-state index is -1.32. The van der Waals surface area contributed by atoms with Crippen LogP contribution >= 0.6 is 11.8 Å². The third-order valence-corrected chi connectivity index (χ3v) is 13.3. The van der Waals surface area contributed by atoms with E-state index in [9.17, 15) is 25.1 Å². The molecule has 0 aromatic heterocycles. The van der Waals surface area contributed by atoms with Gasteiger partial charge >= 0.3 is 0 Å². The highest BCUT2D eigenvalue weighted by Gasteiger charge is 2.65. The van der Waals surface area contributed by atoms with Crippen molar-refractivity contribution in [1.29, 1.82) is 0 Å². The Balaban J connectivity index is 1.40. The molecule has 0 bridgehead atoms. The van der Waals surface area contributed by atoms with Gasteiger partial charge in [0.25, 0.3) is 5.69 Å². The van der Waals surface area contributed by atoms with Crippen molar-refractivity contribution in [2.45, 2.75) is 100 Å². The van der Waals surface area contributed by atoms with Crippen LogP contribution in [-0.4, -0.2) is 76.1 Å². The highest BCUT2D eigenvalue weighted by molar-refractivity contribution is 7.98. The summed E-state index contributed by atoms with van der Waals surface area (Å²) >= 11 is 1.67. The molecule has 0 saturated heterocycles. The van der Waals surface area contributed by atoms with Crippen molar-refractivity contribution in [3.8, 4) is 17.2 Å². The van der Waals surface area contributed by atoms with E-state index in [-0.39, 0.29) is 61.7 Å². The number of ether oxygens (including phenoxy) is 3. The van der Waals surface area contributed by atoms with Gasteiger partial charge in [-0.05, 0) is 129 Å². The van der Waals surface area contributed by atoms with Crippen LogP contribution in [0.15, 0.2) is 101 Å². The van der Waals surface area contributed by atoms with Gasteiger partial charge < -0.3 is 34.2 Å². The van der Waals surface area contributed by atoms with Gasteiger partial charge in [-0.15, -0.1) is 18.3 Å². The first-order valence-electron chi connectivity index (χ1n) is 21.8. The third kappa shape index (κ3) is 9.85. The Morgan fingerprint density at radius 2 is 1.75 bits per heavy atom. The molecule has 1 heterocycles. The normalized spacial score (nSPS) is 24.5. The number of hydrogen-bond acceptors (Lipinski definition) is 11. The lowest BCUT2D eigenvalue weighted by molar-refractivity contribution is -0.384. The number of allylic oxidation sites excluding steroid dienone is 1. The largest absolute Gasteiger partial charge is 0.459 e. The van der Waals surface area contributed by atoms with Crippen molar-refractivity contribution in [3.05, 3.63) is 112 Å². The number of unbranched alkanes of at least 4 members (excludes halogenated alkanes) is 2. The van der Waals surface area contributed by atoms with Crippen LogP contribution in [0.25, 0.3) is 0 Å². The second-order valence-corrected chi connectivity index (χ2v) is 17.4.